The monoisotopic (exact) mass is 720 g/mol. The maximum atomic E-state index is 14.8. The summed E-state index contributed by atoms with van der Waals surface area (Å²) in [6.45, 7) is 9.34. The average Bonchev–Trinajstić information content (AvgIpc) is 3.57. The van der Waals surface area contributed by atoms with Crippen LogP contribution in [-0.4, -0.2) is 96.9 Å². The van der Waals surface area contributed by atoms with E-state index in [0.717, 1.165) is 22.6 Å². The molecular weight excluding hydrogens is 683 g/mol. The number of carbonyl (C=O) groups excluding carboxylic acids is 2. The zero-order valence-electron chi connectivity index (χ0n) is 28.2. The molecule has 2 fully saturated rings. The summed E-state index contributed by atoms with van der Waals surface area (Å²) in [6.07, 6.45) is 4.54. The number of pyridine rings is 2. The van der Waals surface area contributed by atoms with Crippen LogP contribution in [0.15, 0.2) is 61.4 Å². The molecular formula is C35H38ClFN8O4S. The second-order valence-electron chi connectivity index (χ2n) is 12.4. The first kappa shape index (κ1) is 35.1. The van der Waals surface area contributed by atoms with Crippen LogP contribution in [0.1, 0.15) is 22.2 Å². The molecule has 15 heteroatoms. The maximum Gasteiger partial charge on any atom is 0.267 e. The Kier molecular flexibility index (Phi) is 10.2. The van der Waals surface area contributed by atoms with E-state index in [1.165, 1.54) is 12.3 Å². The fourth-order valence-corrected chi connectivity index (χ4v) is 7.10. The average molecular weight is 721 g/mol. The van der Waals surface area contributed by atoms with Gasteiger partial charge in [0.05, 0.1) is 61.1 Å². The predicted molar refractivity (Wildman–Crippen MR) is 195 cm³/mol. The molecule has 2 amide bonds. The van der Waals surface area contributed by atoms with Gasteiger partial charge in [0, 0.05) is 38.5 Å². The molecule has 0 bridgehead atoms. The molecule has 2 aliphatic rings. The van der Waals surface area contributed by atoms with E-state index >= 15 is 0 Å². The Balaban J connectivity index is 1.27. The smallest absolute Gasteiger partial charge is 0.267 e. The zero-order valence-corrected chi connectivity index (χ0v) is 29.8. The van der Waals surface area contributed by atoms with Gasteiger partial charge in [-0.2, -0.15) is 0 Å². The van der Waals surface area contributed by atoms with E-state index in [0.29, 0.717) is 75.6 Å². The third-order valence-electron chi connectivity index (χ3n) is 8.62. The van der Waals surface area contributed by atoms with Gasteiger partial charge >= 0.3 is 0 Å². The number of methoxy groups -OCH3 is 2. The highest BCUT2D eigenvalue weighted by atomic mass is 35.5. The molecule has 1 atom stereocenters. The molecule has 0 radical (unpaired) electrons. The van der Waals surface area contributed by atoms with Crippen molar-refractivity contribution in [3.8, 4) is 17.0 Å². The number of carbonyl (C=O) groups is 2. The standard InChI is InChI=1S/C35H38ClFN8O4S/c1-6-29(46)43-12-13-45(23(17-43)18-48-4)32-26(44-19-35(3,37)20-44)14-22(15-38-32)25-10-11-27(49-5)31(40-25)42-34-39-16-28(50-34)33(47)41-30-21(2)8-7-9-24(30)36/h6-11,14-16,23H,1,12-13,17-20H2,2-5H3,(H,41,47)(H,39,40,42). The molecule has 50 heavy (non-hydrogen) atoms. The fraction of sp³-hybridized carbons (Fsp3) is 0.343. The van der Waals surface area contributed by atoms with E-state index in [-0.39, 0.29) is 30.9 Å². The minimum absolute atomic E-state index is 0.135. The number of aromatic nitrogens is 3. The largest absolute Gasteiger partial charge is 0.493 e. The van der Waals surface area contributed by atoms with Crippen molar-refractivity contribution in [1.29, 1.82) is 0 Å². The number of hydrogen-bond acceptors (Lipinski definition) is 11. The molecule has 1 aromatic carbocycles. The van der Waals surface area contributed by atoms with Crippen molar-refractivity contribution >= 4 is 62.9 Å². The molecule has 0 spiro atoms. The summed E-state index contributed by atoms with van der Waals surface area (Å²) in [4.78, 5) is 45.8. The van der Waals surface area contributed by atoms with E-state index in [9.17, 15) is 14.0 Å². The number of aryl methyl sites for hydroxylation is 1. The van der Waals surface area contributed by atoms with Crippen LogP contribution in [0.5, 0.6) is 5.75 Å². The number of thiazole rings is 1. The third kappa shape index (κ3) is 7.37. The van der Waals surface area contributed by atoms with Crippen LogP contribution in [0, 0.1) is 6.92 Å². The highest BCUT2D eigenvalue weighted by Crippen LogP contribution is 2.40. The lowest BCUT2D eigenvalue weighted by molar-refractivity contribution is -0.127. The number of halogens is 2. The SMILES string of the molecule is C=CC(=O)N1CCN(c2ncc(-c3ccc(OC)c(Nc4ncc(C(=O)Nc5c(C)cccc5Cl)s4)n3)cc2N2CC(C)(F)C2)C(COC)C1. The van der Waals surface area contributed by atoms with Crippen LogP contribution in [-0.2, 0) is 9.53 Å². The number of rotatable bonds is 11. The second kappa shape index (κ2) is 14.6. The lowest BCUT2D eigenvalue weighted by Crippen LogP contribution is -2.59. The Morgan fingerprint density at radius 2 is 1.98 bits per heavy atom. The summed E-state index contributed by atoms with van der Waals surface area (Å²) in [6, 6.07) is 10.8. The molecule has 4 aromatic rings. The van der Waals surface area contributed by atoms with Crippen LogP contribution >= 0.6 is 22.9 Å². The predicted octanol–water partition coefficient (Wildman–Crippen LogP) is 5.96. The van der Waals surface area contributed by atoms with Gasteiger partial charge in [0.15, 0.2) is 22.5 Å². The normalized spacial score (nSPS) is 16.8. The summed E-state index contributed by atoms with van der Waals surface area (Å²) in [7, 11) is 3.16. The Labute approximate surface area is 298 Å². The molecule has 0 saturated carbocycles. The number of para-hydroxylation sites is 1. The van der Waals surface area contributed by atoms with Crippen LogP contribution in [0.3, 0.4) is 0 Å². The molecule has 0 aliphatic carbocycles. The van der Waals surface area contributed by atoms with Crippen LogP contribution in [0.25, 0.3) is 11.3 Å². The van der Waals surface area contributed by atoms with Gasteiger partial charge in [-0.05, 0) is 49.8 Å². The number of alkyl halides is 1. The van der Waals surface area contributed by atoms with Crippen molar-refractivity contribution in [2.75, 3.05) is 74.0 Å². The van der Waals surface area contributed by atoms with Crippen molar-refractivity contribution < 1.29 is 23.5 Å². The molecule has 6 rings (SSSR count). The van der Waals surface area contributed by atoms with E-state index in [1.54, 1.807) is 44.4 Å². The quantitative estimate of drug-likeness (QED) is 0.179. The summed E-state index contributed by atoms with van der Waals surface area (Å²) in [5.41, 5.74) is 2.13. The first-order valence-electron chi connectivity index (χ1n) is 16.0. The van der Waals surface area contributed by atoms with E-state index in [1.807, 2.05) is 36.1 Å². The highest BCUT2D eigenvalue weighted by Gasteiger charge is 2.41. The van der Waals surface area contributed by atoms with Gasteiger partial charge in [-0.15, -0.1) is 0 Å². The van der Waals surface area contributed by atoms with Gasteiger partial charge < -0.3 is 34.8 Å². The van der Waals surface area contributed by atoms with Crippen molar-refractivity contribution in [3.05, 3.63) is 76.9 Å². The summed E-state index contributed by atoms with van der Waals surface area (Å²) >= 11 is 7.46. The van der Waals surface area contributed by atoms with Gasteiger partial charge in [0.1, 0.15) is 10.5 Å². The van der Waals surface area contributed by atoms with Gasteiger partial charge in [-0.25, -0.2) is 19.3 Å². The van der Waals surface area contributed by atoms with E-state index < -0.39 is 5.67 Å². The Morgan fingerprint density at radius 1 is 1.18 bits per heavy atom. The zero-order chi connectivity index (χ0) is 35.6. The molecule has 5 heterocycles. The first-order chi connectivity index (χ1) is 24.0. The van der Waals surface area contributed by atoms with Crippen LogP contribution in [0.4, 0.5) is 32.5 Å². The summed E-state index contributed by atoms with van der Waals surface area (Å²) in [5, 5.41) is 6.94. The molecule has 3 aromatic heterocycles. The van der Waals surface area contributed by atoms with Crippen LogP contribution < -0.4 is 25.2 Å². The van der Waals surface area contributed by atoms with Gasteiger partial charge in [-0.3, -0.25) is 9.59 Å². The fourth-order valence-electron chi connectivity index (χ4n) is 6.12. The van der Waals surface area contributed by atoms with Gasteiger partial charge in [0.25, 0.3) is 5.91 Å². The maximum absolute atomic E-state index is 14.8. The van der Waals surface area contributed by atoms with Gasteiger partial charge in [0.2, 0.25) is 5.91 Å². The Morgan fingerprint density at radius 3 is 2.68 bits per heavy atom. The van der Waals surface area contributed by atoms with Crippen molar-refractivity contribution in [2.45, 2.75) is 25.6 Å². The van der Waals surface area contributed by atoms with E-state index in [2.05, 4.69) is 27.1 Å². The first-order valence-corrected chi connectivity index (χ1v) is 17.1. The number of ether oxygens (including phenoxy) is 2. The molecule has 2 saturated heterocycles. The number of benzene rings is 1. The van der Waals surface area contributed by atoms with Crippen molar-refractivity contribution in [1.82, 2.24) is 19.9 Å². The lowest BCUT2D eigenvalue weighted by Gasteiger charge is -2.47. The topological polar surface area (TPSA) is 125 Å². The molecule has 12 nitrogen and oxygen atoms in total. The summed E-state index contributed by atoms with van der Waals surface area (Å²) < 4.78 is 25.9. The molecule has 262 valence electrons. The third-order valence-corrected chi connectivity index (χ3v) is 9.84. The highest BCUT2D eigenvalue weighted by molar-refractivity contribution is 7.17. The minimum atomic E-state index is -1.32. The number of anilines is 5. The number of amides is 2. The number of nitrogens with zero attached hydrogens (tertiary/aromatic N) is 6. The molecule has 2 N–H and O–H groups in total. The minimum Gasteiger partial charge on any atom is -0.493 e. The van der Waals surface area contributed by atoms with Crippen molar-refractivity contribution in [3.63, 3.8) is 0 Å². The summed E-state index contributed by atoms with van der Waals surface area (Å²) in [5.74, 6) is 1.07. The molecule has 1 unspecified atom stereocenters. The number of nitrogens with one attached hydrogen (secondary N) is 2. The van der Waals surface area contributed by atoms with Gasteiger partial charge in [-0.1, -0.05) is 41.6 Å². The molecule has 2 aliphatic heterocycles. The second-order valence-corrected chi connectivity index (χ2v) is 13.9. The van der Waals surface area contributed by atoms with Crippen LogP contribution in [0.2, 0.25) is 5.02 Å². The number of piperazine rings is 1. The Hall–Kier alpha value is -4.79. The Bertz CT molecular complexity index is 1890. The van der Waals surface area contributed by atoms with E-state index in [4.69, 9.17) is 31.0 Å². The lowest BCUT2D eigenvalue weighted by atomic mass is 9.97. The van der Waals surface area contributed by atoms with Crippen molar-refractivity contribution in [2.24, 2.45) is 0 Å². The number of hydrogen-bond donors (Lipinski definition) is 2.